The van der Waals surface area contributed by atoms with Gasteiger partial charge in [0.05, 0.1) is 6.07 Å². The molecule has 2 bridgehead atoms. The van der Waals surface area contributed by atoms with Gasteiger partial charge in [-0.05, 0) is 92.9 Å². The molecule has 8 heteroatoms. The Bertz CT molecular complexity index is 1300. The van der Waals surface area contributed by atoms with E-state index in [1.54, 1.807) is 31.7 Å². The molecule has 3 unspecified atom stereocenters. The molecule has 1 saturated carbocycles. The van der Waals surface area contributed by atoms with Crippen molar-refractivity contribution in [1.82, 2.24) is 15.1 Å². The number of nitriles is 1. The Labute approximate surface area is 223 Å². The van der Waals surface area contributed by atoms with E-state index in [0.29, 0.717) is 5.56 Å². The standard InChI is InChI=1S/C30H35FN4O3/c1-30(2,3)38-29(37)35-25-10-9-21(13-25)27(35)28(36)33-24(15-32)12-20-7-5-19(14-26(20)31)18-6-8-22-16-34(4)17-23(22)11-18/h5-8,11,14,21,24-25,27H,9-10,12-13,16-17H2,1-4H3,(H,33,36)/t21?,24-,25?,27?/m0/s1. The summed E-state index contributed by atoms with van der Waals surface area (Å²) in [6.45, 7) is 7.18. The van der Waals surface area contributed by atoms with Gasteiger partial charge in [-0.1, -0.05) is 24.3 Å². The molecule has 7 nitrogen and oxygen atoms in total. The summed E-state index contributed by atoms with van der Waals surface area (Å²) in [5.74, 6) is -0.755. The lowest BCUT2D eigenvalue weighted by Gasteiger charge is -2.35. The van der Waals surface area contributed by atoms with Gasteiger partial charge in [0, 0.05) is 25.6 Å². The number of ether oxygens (including phenoxy) is 1. The monoisotopic (exact) mass is 518 g/mol. The average Bonchev–Trinajstić information content (AvgIpc) is 3.56. The minimum Gasteiger partial charge on any atom is -0.444 e. The zero-order chi connectivity index (χ0) is 27.2. The van der Waals surface area contributed by atoms with Crippen molar-refractivity contribution in [2.75, 3.05) is 7.05 Å². The van der Waals surface area contributed by atoms with Crippen molar-refractivity contribution in [3.63, 3.8) is 0 Å². The van der Waals surface area contributed by atoms with Gasteiger partial charge in [-0.15, -0.1) is 0 Å². The summed E-state index contributed by atoms with van der Waals surface area (Å²) in [6.07, 6.45) is 1.99. The van der Waals surface area contributed by atoms with Gasteiger partial charge in [0.25, 0.3) is 0 Å². The van der Waals surface area contributed by atoms with Gasteiger partial charge in [-0.25, -0.2) is 9.18 Å². The molecule has 0 aromatic heterocycles. The summed E-state index contributed by atoms with van der Waals surface area (Å²) in [6, 6.07) is 11.7. The topological polar surface area (TPSA) is 85.7 Å². The van der Waals surface area contributed by atoms with Crippen LogP contribution in [0, 0.1) is 23.1 Å². The molecule has 38 heavy (non-hydrogen) atoms. The summed E-state index contributed by atoms with van der Waals surface area (Å²) >= 11 is 0. The van der Waals surface area contributed by atoms with Gasteiger partial charge < -0.3 is 10.1 Å². The van der Waals surface area contributed by atoms with Crippen LogP contribution >= 0.6 is 0 Å². The third-order valence-corrected chi connectivity index (χ3v) is 7.83. The quantitative estimate of drug-likeness (QED) is 0.616. The van der Waals surface area contributed by atoms with Crippen LogP contribution in [0.2, 0.25) is 0 Å². The molecule has 2 amide bonds. The van der Waals surface area contributed by atoms with Crippen molar-refractivity contribution in [2.45, 2.75) is 83.3 Å². The van der Waals surface area contributed by atoms with Crippen LogP contribution < -0.4 is 5.32 Å². The molecule has 200 valence electrons. The highest BCUT2D eigenvalue weighted by Gasteiger charge is 2.52. The predicted molar refractivity (Wildman–Crippen MR) is 141 cm³/mol. The van der Waals surface area contributed by atoms with Crippen LogP contribution in [0.5, 0.6) is 0 Å². The molecule has 3 aliphatic rings. The van der Waals surface area contributed by atoms with E-state index in [1.807, 2.05) is 12.1 Å². The number of nitrogens with one attached hydrogen (secondary N) is 1. The molecule has 2 aromatic rings. The van der Waals surface area contributed by atoms with Crippen LogP contribution in [-0.2, 0) is 29.0 Å². The first-order valence-corrected chi connectivity index (χ1v) is 13.3. The lowest BCUT2D eigenvalue weighted by atomic mass is 9.96. The molecule has 1 saturated heterocycles. The number of likely N-dealkylation sites (tertiary alicyclic amines) is 1. The average molecular weight is 519 g/mol. The fourth-order valence-corrected chi connectivity index (χ4v) is 6.15. The first-order chi connectivity index (χ1) is 18.0. The number of hydrogen-bond donors (Lipinski definition) is 1. The van der Waals surface area contributed by atoms with E-state index >= 15 is 4.39 Å². The predicted octanol–water partition coefficient (Wildman–Crippen LogP) is 4.78. The minimum atomic E-state index is -0.919. The van der Waals surface area contributed by atoms with Gasteiger partial charge in [0.15, 0.2) is 0 Å². The molecule has 1 N–H and O–H groups in total. The number of fused-ring (bicyclic) bond motifs is 3. The Kier molecular flexibility index (Phi) is 6.91. The Hall–Kier alpha value is -3.44. The van der Waals surface area contributed by atoms with Crippen LogP contribution in [0.4, 0.5) is 9.18 Å². The lowest BCUT2D eigenvalue weighted by Crippen LogP contribution is -2.55. The van der Waals surface area contributed by atoms with E-state index in [2.05, 4.69) is 35.5 Å². The molecular weight excluding hydrogens is 483 g/mol. The van der Waals surface area contributed by atoms with Crippen LogP contribution in [-0.4, -0.2) is 52.6 Å². The molecular formula is C30H35FN4O3. The van der Waals surface area contributed by atoms with Crippen LogP contribution in [0.1, 0.15) is 56.7 Å². The summed E-state index contributed by atoms with van der Waals surface area (Å²) in [5.41, 5.74) is 3.96. The van der Waals surface area contributed by atoms with Crippen molar-refractivity contribution in [3.05, 3.63) is 58.9 Å². The Morgan fingerprint density at radius 3 is 2.55 bits per heavy atom. The molecule has 5 rings (SSSR count). The number of rotatable bonds is 5. The van der Waals surface area contributed by atoms with Gasteiger partial charge in [-0.2, -0.15) is 5.26 Å². The van der Waals surface area contributed by atoms with Crippen LogP contribution in [0.15, 0.2) is 36.4 Å². The maximum absolute atomic E-state index is 15.2. The van der Waals surface area contributed by atoms with Gasteiger partial charge in [-0.3, -0.25) is 14.6 Å². The van der Waals surface area contributed by atoms with Crippen molar-refractivity contribution in [1.29, 1.82) is 5.26 Å². The summed E-state index contributed by atoms with van der Waals surface area (Å²) in [7, 11) is 2.07. The number of benzene rings is 2. The smallest absolute Gasteiger partial charge is 0.411 e. The highest BCUT2D eigenvalue weighted by atomic mass is 19.1. The summed E-state index contributed by atoms with van der Waals surface area (Å²) in [5, 5.41) is 12.6. The Morgan fingerprint density at radius 1 is 1.13 bits per heavy atom. The van der Waals surface area contributed by atoms with E-state index in [-0.39, 0.29) is 24.3 Å². The zero-order valence-electron chi connectivity index (χ0n) is 22.5. The maximum atomic E-state index is 15.2. The Balaban J connectivity index is 1.27. The van der Waals surface area contributed by atoms with Crippen LogP contribution in [0.25, 0.3) is 11.1 Å². The molecule has 0 spiro atoms. The molecule has 2 heterocycles. The Morgan fingerprint density at radius 2 is 1.84 bits per heavy atom. The van der Waals surface area contributed by atoms with Crippen LogP contribution in [0.3, 0.4) is 0 Å². The molecule has 2 fully saturated rings. The third-order valence-electron chi connectivity index (χ3n) is 7.83. The van der Waals surface area contributed by atoms with Gasteiger partial charge in [0.2, 0.25) is 5.91 Å². The highest BCUT2D eigenvalue weighted by molar-refractivity contribution is 5.87. The number of nitrogens with zero attached hydrogens (tertiary/aromatic N) is 3. The first kappa shape index (κ1) is 26.2. The highest BCUT2D eigenvalue weighted by Crippen LogP contribution is 2.43. The number of halogens is 1. The second-order valence-electron chi connectivity index (χ2n) is 11.9. The van der Waals surface area contributed by atoms with Crippen molar-refractivity contribution in [3.8, 4) is 17.2 Å². The normalized spacial score (nSPS) is 23.2. The van der Waals surface area contributed by atoms with Gasteiger partial charge >= 0.3 is 6.09 Å². The summed E-state index contributed by atoms with van der Waals surface area (Å²) in [4.78, 5) is 30.0. The van der Waals surface area contributed by atoms with E-state index in [1.165, 1.54) is 17.2 Å². The van der Waals surface area contributed by atoms with Gasteiger partial charge in [0.1, 0.15) is 23.5 Å². The van der Waals surface area contributed by atoms with E-state index in [9.17, 15) is 14.9 Å². The molecule has 1 aliphatic carbocycles. The number of carbonyl (C=O) groups is 2. The first-order valence-electron chi connectivity index (χ1n) is 13.3. The van der Waals surface area contributed by atoms with E-state index in [4.69, 9.17) is 4.74 Å². The fraction of sp³-hybridized carbons (Fsp3) is 0.500. The second-order valence-corrected chi connectivity index (χ2v) is 11.9. The molecule has 2 aromatic carbocycles. The van der Waals surface area contributed by atoms with Crippen molar-refractivity contribution >= 4 is 12.0 Å². The number of amides is 2. The zero-order valence-corrected chi connectivity index (χ0v) is 22.5. The molecule has 0 radical (unpaired) electrons. The fourth-order valence-electron chi connectivity index (χ4n) is 6.15. The third kappa shape index (κ3) is 5.25. The lowest BCUT2D eigenvalue weighted by molar-refractivity contribution is -0.128. The molecule has 4 atom stereocenters. The number of carbonyl (C=O) groups excluding carboxylic acids is 2. The number of hydrogen-bond acceptors (Lipinski definition) is 5. The van der Waals surface area contributed by atoms with Crippen molar-refractivity contribution < 1.29 is 18.7 Å². The van der Waals surface area contributed by atoms with E-state index < -0.39 is 29.6 Å². The second kappa shape index (κ2) is 10.0. The molecule has 2 aliphatic heterocycles. The SMILES string of the molecule is CN1Cc2ccc(-c3ccc(C[C@@H](C#N)NC(=O)C4C5CCC(C5)N4C(=O)OC(C)(C)C)c(F)c3)cc2C1. The maximum Gasteiger partial charge on any atom is 0.411 e. The largest absolute Gasteiger partial charge is 0.444 e. The summed E-state index contributed by atoms with van der Waals surface area (Å²) < 4.78 is 20.7. The van der Waals surface area contributed by atoms with Crippen molar-refractivity contribution in [2.24, 2.45) is 5.92 Å². The van der Waals surface area contributed by atoms with E-state index in [0.717, 1.165) is 43.5 Å². The minimum absolute atomic E-state index is 0.0317. The number of piperidine rings is 1.